The Morgan fingerprint density at radius 1 is 1.50 bits per heavy atom. The molecule has 0 amide bonds. The number of carbonyl (C=O) groups excluding carboxylic acids is 1. The maximum absolute atomic E-state index is 11.1. The van der Waals surface area contributed by atoms with Crippen LogP contribution in [-0.4, -0.2) is 25.3 Å². The zero-order valence-electron chi connectivity index (χ0n) is 9.64. The number of hydrogen-bond donors (Lipinski definition) is 0. The van der Waals surface area contributed by atoms with Crippen molar-refractivity contribution in [3.63, 3.8) is 0 Å². The van der Waals surface area contributed by atoms with Crippen LogP contribution in [0.2, 0.25) is 0 Å². The van der Waals surface area contributed by atoms with Crippen LogP contribution in [0.15, 0.2) is 18.5 Å². The highest BCUT2D eigenvalue weighted by atomic mass is 16.1. The number of carbonyl (C=O) groups is 1. The highest BCUT2D eigenvalue weighted by molar-refractivity contribution is 5.93. The van der Waals surface area contributed by atoms with Gasteiger partial charge in [-0.3, -0.25) is 14.2 Å². The maximum Gasteiger partial charge on any atom is 0.162 e. The van der Waals surface area contributed by atoms with Crippen LogP contribution in [0, 0.1) is 6.92 Å². The first-order valence-corrected chi connectivity index (χ1v) is 5.09. The van der Waals surface area contributed by atoms with Gasteiger partial charge in [-0.05, 0) is 19.9 Å². The number of nitrogens with zero attached hydrogens (tertiary/aromatic N) is 4. The summed E-state index contributed by atoms with van der Waals surface area (Å²) in [7, 11) is 1.90. The molecular formula is C11H14N4O. The van der Waals surface area contributed by atoms with Gasteiger partial charge in [0.25, 0.3) is 0 Å². The zero-order chi connectivity index (χ0) is 11.7. The van der Waals surface area contributed by atoms with Crippen LogP contribution in [0.5, 0.6) is 0 Å². The van der Waals surface area contributed by atoms with Gasteiger partial charge in [0.2, 0.25) is 0 Å². The number of Topliss-reactive ketones (excluding diaryl/α,β-unsaturated/α-hetero) is 1. The van der Waals surface area contributed by atoms with Crippen LogP contribution in [0.1, 0.15) is 28.7 Å². The molecule has 2 aromatic heterocycles. The van der Waals surface area contributed by atoms with E-state index in [2.05, 4.69) is 10.2 Å². The van der Waals surface area contributed by atoms with Gasteiger partial charge in [-0.2, -0.15) is 10.2 Å². The van der Waals surface area contributed by atoms with E-state index in [0.717, 1.165) is 11.4 Å². The Morgan fingerprint density at radius 2 is 2.25 bits per heavy atom. The van der Waals surface area contributed by atoms with Crippen molar-refractivity contribution in [3.05, 3.63) is 35.4 Å². The smallest absolute Gasteiger partial charge is 0.162 e. The second kappa shape index (κ2) is 3.92. The Balaban J connectivity index is 2.20. The lowest BCUT2D eigenvalue weighted by atomic mass is 10.3. The Morgan fingerprint density at radius 3 is 2.75 bits per heavy atom. The van der Waals surface area contributed by atoms with E-state index in [0.29, 0.717) is 12.1 Å². The van der Waals surface area contributed by atoms with Gasteiger partial charge in [0.1, 0.15) is 0 Å². The van der Waals surface area contributed by atoms with Crippen molar-refractivity contribution >= 4 is 5.78 Å². The van der Waals surface area contributed by atoms with Crippen LogP contribution in [0.3, 0.4) is 0 Å². The van der Waals surface area contributed by atoms with Crippen LogP contribution >= 0.6 is 0 Å². The molecule has 2 rings (SSSR count). The quantitative estimate of drug-likeness (QED) is 0.727. The second-order valence-corrected chi connectivity index (χ2v) is 3.88. The summed E-state index contributed by atoms with van der Waals surface area (Å²) in [5.74, 6) is 0.0347. The van der Waals surface area contributed by atoms with E-state index in [9.17, 15) is 4.79 Å². The molecule has 0 aliphatic carbocycles. The van der Waals surface area contributed by atoms with Crippen molar-refractivity contribution in [1.29, 1.82) is 0 Å². The average Bonchev–Trinajstić information content (AvgIpc) is 2.75. The summed E-state index contributed by atoms with van der Waals surface area (Å²) in [6, 6.07) is 2.01. The summed E-state index contributed by atoms with van der Waals surface area (Å²) in [6.07, 6.45) is 3.34. The summed E-state index contributed by atoms with van der Waals surface area (Å²) in [5, 5.41) is 8.40. The molecule has 0 N–H and O–H groups in total. The molecule has 84 valence electrons. The fourth-order valence-corrected chi connectivity index (χ4v) is 1.61. The Bertz CT molecular complexity index is 524. The molecule has 2 heterocycles. The number of hydrogen-bond acceptors (Lipinski definition) is 3. The summed E-state index contributed by atoms with van der Waals surface area (Å²) >= 11 is 0. The predicted molar refractivity (Wildman–Crippen MR) is 59.3 cm³/mol. The van der Waals surface area contributed by atoms with Crippen LogP contribution in [-0.2, 0) is 13.6 Å². The summed E-state index contributed by atoms with van der Waals surface area (Å²) in [4.78, 5) is 11.1. The van der Waals surface area contributed by atoms with Crippen LogP contribution in [0.25, 0.3) is 0 Å². The van der Waals surface area contributed by atoms with Gasteiger partial charge in [0.15, 0.2) is 5.78 Å². The standard InChI is InChI=1S/C11H14N4O/c1-8-4-11(14(3)13-8)7-15-6-10(5-12-15)9(2)16/h4-6H,7H2,1-3H3. The van der Waals surface area contributed by atoms with Gasteiger partial charge in [0, 0.05) is 13.2 Å². The second-order valence-electron chi connectivity index (χ2n) is 3.88. The molecule has 0 saturated carbocycles. The normalized spacial score (nSPS) is 10.7. The van der Waals surface area contributed by atoms with E-state index < -0.39 is 0 Å². The van der Waals surface area contributed by atoms with Crippen LogP contribution in [0.4, 0.5) is 0 Å². The maximum atomic E-state index is 11.1. The zero-order valence-corrected chi connectivity index (χ0v) is 9.64. The lowest BCUT2D eigenvalue weighted by Gasteiger charge is -2.01. The molecule has 0 aliphatic heterocycles. The lowest BCUT2D eigenvalue weighted by Crippen LogP contribution is -2.05. The van der Waals surface area contributed by atoms with Gasteiger partial charge in [-0.25, -0.2) is 0 Å². The molecule has 0 unspecified atom stereocenters. The van der Waals surface area contributed by atoms with E-state index in [1.165, 1.54) is 6.92 Å². The third kappa shape index (κ3) is 2.03. The van der Waals surface area contributed by atoms with Crippen molar-refractivity contribution < 1.29 is 4.79 Å². The van der Waals surface area contributed by atoms with Crippen molar-refractivity contribution in [2.45, 2.75) is 20.4 Å². The topological polar surface area (TPSA) is 52.7 Å². The molecule has 0 radical (unpaired) electrons. The summed E-state index contributed by atoms with van der Waals surface area (Å²) in [6.45, 7) is 4.12. The van der Waals surface area contributed by atoms with Gasteiger partial charge in [-0.15, -0.1) is 0 Å². The number of aryl methyl sites for hydroxylation is 2. The lowest BCUT2D eigenvalue weighted by molar-refractivity contribution is 0.101. The van der Waals surface area contributed by atoms with E-state index >= 15 is 0 Å². The Hall–Kier alpha value is -1.91. The predicted octanol–water partition coefficient (Wildman–Crippen LogP) is 1.18. The summed E-state index contributed by atoms with van der Waals surface area (Å²) in [5.41, 5.74) is 2.69. The van der Waals surface area contributed by atoms with E-state index in [-0.39, 0.29) is 5.78 Å². The van der Waals surface area contributed by atoms with Crippen molar-refractivity contribution in [1.82, 2.24) is 19.6 Å². The third-order valence-electron chi connectivity index (χ3n) is 2.46. The minimum Gasteiger partial charge on any atom is -0.294 e. The fraction of sp³-hybridized carbons (Fsp3) is 0.364. The summed E-state index contributed by atoms with van der Waals surface area (Å²) < 4.78 is 3.57. The molecule has 0 aliphatic rings. The monoisotopic (exact) mass is 218 g/mol. The first-order valence-electron chi connectivity index (χ1n) is 5.09. The molecule has 0 aromatic carbocycles. The molecule has 0 saturated heterocycles. The SMILES string of the molecule is CC(=O)c1cnn(Cc2cc(C)nn2C)c1. The third-order valence-corrected chi connectivity index (χ3v) is 2.46. The van der Waals surface area contributed by atoms with E-state index in [4.69, 9.17) is 0 Å². The molecule has 0 fully saturated rings. The molecule has 0 bridgehead atoms. The minimum atomic E-state index is 0.0347. The van der Waals surface area contributed by atoms with Crippen molar-refractivity contribution in [2.75, 3.05) is 0 Å². The van der Waals surface area contributed by atoms with Gasteiger partial charge in [-0.1, -0.05) is 0 Å². The largest absolute Gasteiger partial charge is 0.294 e. The fourth-order valence-electron chi connectivity index (χ4n) is 1.61. The minimum absolute atomic E-state index is 0.0347. The Kier molecular flexibility index (Phi) is 2.60. The number of aromatic nitrogens is 4. The van der Waals surface area contributed by atoms with Gasteiger partial charge < -0.3 is 0 Å². The van der Waals surface area contributed by atoms with Gasteiger partial charge in [0.05, 0.1) is 29.7 Å². The van der Waals surface area contributed by atoms with Crippen molar-refractivity contribution in [3.8, 4) is 0 Å². The van der Waals surface area contributed by atoms with E-state index in [1.807, 2.05) is 24.7 Å². The Labute approximate surface area is 93.7 Å². The molecule has 16 heavy (non-hydrogen) atoms. The molecule has 5 heteroatoms. The molecule has 2 aromatic rings. The first kappa shape index (κ1) is 10.6. The highest BCUT2D eigenvalue weighted by Gasteiger charge is 2.06. The van der Waals surface area contributed by atoms with Crippen LogP contribution < -0.4 is 0 Å². The molecular weight excluding hydrogens is 204 g/mol. The van der Waals surface area contributed by atoms with Gasteiger partial charge >= 0.3 is 0 Å². The highest BCUT2D eigenvalue weighted by Crippen LogP contribution is 2.05. The van der Waals surface area contributed by atoms with E-state index in [1.54, 1.807) is 17.1 Å². The number of rotatable bonds is 3. The molecule has 5 nitrogen and oxygen atoms in total. The number of ketones is 1. The molecule has 0 atom stereocenters. The molecule has 0 spiro atoms. The average molecular weight is 218 g/mol. The first-order chi connectivity index (χ1) is 7.56. The van der Waals surface area contributed by atoms with Crippen molar-refractivity contribution in [2.24, 2.45) is 7.05 Å².